The first-order valence-electron chi connectivity index (χ1n) is 7.40. The molecule has 1 saturated heterocycles. The third kappa shape index (κ3) is 3.55. The summed E-state index contributed by atoms with van der Waals surface area (Å²) in [6, 6.07) is 9.71. The first-order chi connectivity index (χ1) is 9.71. The topological polar surface area (TPSA) is 54.6 Å². The number of carbonyl (C=O) groups excluding carboxylic acids is 1. The van der Waals surface area contributed by atoms with Crippen molar-refractivity contribution in [1.29, 1.82) is 0 Å². The van der Waals surface area contributed by atoms with E-state index in [2.05, 4.69) is 5.32 Å². The van der Waals surface area contributed by atoms with Crippen LogP contribution in [0.25, 0.3) is 5.32 Å². The second kappa shape index (κ2) is 7.32. The van der Waals surface area contributed by atoms with E-state index in [4.69, 9.17) is 0 Å². The molecule has 1 unspecified atom stereocenters. The molecule has 1 aromatic carbocycles. The van der Waals surface area contributed by atoms with Gasteiger partial charge in [0.05, 0.1) is 11.5 Å². The number of benzene rings is 1. The van der Waals surface area contributed by atoms with Crippen LogP contribution in [0.2, 0.25) is 0 Å². The summed E-state index contributed by atoms with van der Waals surface area (Å²) in [4.78, 5) is 14.7. The van der Waals surface area contributed by atoms with Gasteiger partial charge in [-0.1, -0.05) is 30.3 Å². The van der Waals surface area contributed by atoms with E-state index in [1.54, 1.807) is 0 Å². The molecule has 2 aliphatic rings. The van der Waals surface area contributed by atoms with Gasteiger partial charge >= 0.3 is 0 Å². The van der Waals surface area contributed by atoms with Crippen LogP contribution in [-0.4, -0.2) is 47.7 Å². The zero-order chi connectivity index (χ0) is 14.0. The van der Waals surface area contributed by atoms with Gasteiger partial charge in [0.1, 0.15) is 0 Å². The Morgan fingerprint density at radius 1 is 1.19 bits per heavy atom. The van der Waals surface area contributed by atoms with Crippen LogP contribution >= 0.6 is 0 Å². The van der Waals surface area contributed by atoms with Crippen molar-refractivity contribution in [1.82, 2.24) is 4.90 Å². The molecule has 1 heterocycles. The molecule has 0 spiro atoms. The van der Waals surface area contributed by atoms with Gasteiger partial charge in [-0.25, -0.2) is 0 Å². The SMILES string of the molecule is O=C(C(c1ccccc1)C1(O)CCC1)N1CC[N-]CC1.[Y]. The zero-order valence-corrected chi connectivity index (χ0v) is 15.1. The van der Waals surface area contributed by atoms with Gasteiger partial charge in [-0.05, 0) is 24.8 Å². The van der Waals surface area contributed by atoms with Crippen molar-refractivity contribution in [3.63, 3.8) is 0 Å². The van der Waals surface area contributed by atoms with Gasteiger partial charge < -0.3 is 15.3 Å². The van der Waals surface area contributed by atoms with E-state index in [1.807, 2.05) is 35.2 Å². The number of amides is 1. The van der Waals surface area contributed by atoms with Crippen LogP contribution in [0, 0.1) is 0 Å². The van der Waals surface area contributed by atoms with Crippen molar-refractivity contribution in [2.75, 3.05) is 26.2 Å². The largest absolute Gasteiger partial charge is 0.659 e. The Hall–Kier alpha value is -0.286. The van der Waals surface area contributed by atoms with Gasteiger partial charge in [0.25, 0.3) is 0 Å². The number of carbonyl (C=O) groups is 1. The maximum absolute atomic E-state index is 12.9. The quantitative estimate of drug-likeness (QED) is 0.893. The van der Waals surface area contributed by atoms with Crippen molar-refractivity contribution in [3.8, 4) is 0 Å². The van der Waals surface area contributed by atoms with Crippen molar-refractivity contribution < 1.29 is 42.6 Å². The number of piperazine rings is 1. The molecule has 1 radical (unpaired) electrons. The molecular formula is C16H21N2O2Y-. The summed E-state index contributed by atoms with van der Waals surface area (Å²) in [5.41, 5.74) is 0.0785. The Balaban J connectivity index is 0.00000161. The second-order valence-corrected chi connectivity index (χ2v) is 5.80. The fourth-order valence-corrected chi connectivity index (χ4v) is 3.17. The van der Waals surface area contributed by atoms with Crippen LogP contribution in [0.4, 0.5) is 0 Å². The van der Waals surface area contributed by atoms with Crippen molar-refractivity contribution in [2.24, 2.45) is 0 Å². The Kier molecular flexibility index (Phi) is 5.95. The first-order valence-corrected chi connectivity index (χ1v) is 7.40. The molecule has 1 saturated carbocycles. The molecule has 1 aliphatic carbocycles. The Morgan fingerprint density at radius 2 is 1.81 bits per heavy atom. The Morgan fingerprint density at radius 3 is 2.33 bits per heavy atom. The van der Waals surface area contributed by atoms with Crippen LogP contribution < -0.4 is 0 Å². The molecule has 5 heteroatoms. The summed E-state index contributed by atoms with van der Waals surface area (Å²) in [7, 11) is 0. The summed E-state index contributed by atoms with van der Waals surface area (Å²) in [5.74, 6) is -0.358. The number of hydrogen-bond acceptors (Lipinski definition) is 2. The molecule has 1 aromatic rings. The summed E-state index contributed by atoms with van der Waals surface area (Å²) in [6.45, 7) is 2.79. The smallest absolute Gasteiger partial charge is 0.232 e. The molecule has 1 amide bonds. The van der Waals surface area contributed by atoms with Gasteiger partial charge in [-0.3, -0.25) is 4.79 Å². The number of rotatable bonds is 3. The standard InChI is InChI=1S/C16H21N2O2.Y/c19-15(18-11-9-17-10-12-18)14(16(20)7-4-8-16)13-5-2-1-3-6-13;/h1-3,5-6,14,20H,4,7-12H2;/q-1;. The van der Waals surface area contributed by atoms with E-state index in [-0.39, 0.29) is 38.6 Å². The van der Waals surface area contributed by atoms with E-state index < -0.39 is 11.5 Å². The average Bonchev–Trinajstić information content (AvgIpc) is 2.47. The average molecular weight is 362 g/mol. The van der Waals surface area contributed by atoms with Gasteiger partial charge in [0.2, 0.25) is 5.91 Å². The van der Waals surface area contributed by atoms with Crippen molar-refractivity contribution >= 4 is 5.91 Å². The molecule has 0 aromatic heterocycles. The summed E-state index contributed by atoms with van der Waals surface area (Å²) in [6.07, 6.45) is 2.44. The maximum atomic E-state index is 12.9. The third-order valence-electron chi connectivity index (χ3n) is 4.50. The van der Waals surface area contributed by atoms with Crippen LogP contribution in [0.5, 0.6) is 0 Å². The van der Waals surface area contributed by atoms with Gasteiger partial charge in [0, 0.05) is 45.8 Å². The molecule has 111 valence electrons. The Labute approximate surface area is 151 Å². The van der Waals surface area contributed by atoms with Gasteiger partial charge in [0.15, 0.2) is 0 Å². The van der Waals surface area contributed by atoms with Crippen LogP contribution in [0.3, 0.4) is 0 Å². The number of nitrogens with zero attached hydrogens (tertiary/aromatic N) is 2. The molecular weight excluding hydrogens is 341 g/mol. The summed E-state index contributed by atoms with van der Waals surface area (Å²) in [5, 5.41) is 15.0. The molecule has 4 nitrogen and oxygen atoms in total. The maximum Gasteiger partial charge on any atom is 0.232 e. The normalized spacial score (nSPS) is 21.9. The Bertz CT molecular complexity index is 470. The van der Waals surface area contributed by atoms with E-state index in [0.717, 1.165) is 24.8 Å². The van der Waals surface area contributed by atoms with Crippen LogP contribution in [-0.2, 0) is 37.5 Å². The van der Waals surface area contributed by atoms with Crippen molar-refractivity contribution in [2.45, 2.75) is 30.8 Å². The monoisotopic (exact) mass is 362 g/mol. The zero-order valence-electron chi connectivity index (χ0n) is 12.2. The van der Waals surface area contributed by atoms with Crippen LogP contribution in [0.1, 0.15) is 30.7 Å². The fraction of sp³-hybridized carbons (Fsp3) is 0.562. The third-order valence-corrected chi connectivity index (χ3v) is 4.50. The van der Waals surface area contributed by atoms with E-state index in [9.17, 15) is 9.90 Å². The predicted molar refractivity (Wildman–Crippen MR) is 77.7 cm³/mol. The predicted octanol–water partition coefficient (Wildman–Crippen LogP) is 1.90. The molecule has 1 N–H and O–H groups in total. The molecule has 21 heavy (non-hydrogen) atoms. The van der Waals surface area contributed by atoms with E-state index >= 15 is 0 Å². The molecule has 3 rings (SSSR count). The summed E-state index contributed by atoms with van der Waals surface area (Å²) >= 11 is 0. The van der Waals surface area contributed by atoms with Gasteiger partial charge in [-0.15, -0.1) is 13.1 Å². The number of aliphatic hydroxyl groups is 1. The second-order valence-electron chi connectivity index (χ2n) is 5.80. The minimum Gasteiger partial charge on any atom is -0.659 e. The molecule has 2 fully saturated rings. The van der Waals surface area contributed by atoms with Crippen LogP contribution in [0.15, 0.2) is 30.3 Å². The summed E-state index contributed by atoms with van der Waals surface area (Å²) < 4.78 is 0. The number of hydrogen-bond donors (Lipinski definition) is 1. The fourth-order valence-electron chi connectivity index (χ4n) is 3.17. The van der Waals surface area contributed by atoms with E-state index in [0.29, 0.717) is 26.2 Å². The molecule has 0 bridgehead atoms. The molecule has 1 aliphatic heterocycles. The first kappa shape index (κ1) is 17.1. The van der Waals surface area contributed by atoms with E-state index in [1.165, 1.54) is 0 Å². The minimum atomic E-state index is -0.854. The minimum absolute atomic E-state index is 0. The van der Waals surface area contributed by atoms with Gasteiger partial charge in [-0.2, -0.15) is 0 Å². The molecule has 1 atom stereocenters. The van der Waals surface area contributed by atoms with Crippen molar-refractivity contribution in [3.05, 3.63) is 41.2 Å².